The van der Waals surface area contributed by atoms with Crippen LogP contribution in [0.25, 0.3) is 10.9 Å². The van der Waals surface area contributed by atoms with Gasteiger partial charge in [-0.25, -0.2) is 0 Å². The number of halogens is 3. The second-order valence-electron chi connectivity index (χ2n) is 5.45. The number of pyridine rings is 1. The fraction of sp³-hybridized carbons (Fsp3) is 0.353. The van der Waals surface area contributed by atoms with E-state index in [0.29, 0.717) is 17.5 Å². The lowest BCUT2D eigenvalue weighted by molar-refractivity contribution is -0.137. The third-order valence-corrected chi connectivity index (χ3v) is 3.89. The first kappa shape index (κ1) is 15.8. The Balaban J connectivity index is 1.74. The Morgan fingerprint density at radius 1 is 1.22 bits per heavy atom. The summed E-state index contributed by atoms with van der Waals surface area (Å²) in [5.74, 6) is 0. The van der Waals surface area contributed by atoms with Crippen LogP contribution in [0, 0.1) is 0 Å². The number of ether oxygens (including phenoxy) is 1. The molecule has 0 atom stereocenters. The van der Waals surface area contributed by atoms with Gasteiger partial charge in [0.25, 0.3) is 0 Å². The molecule has 3 nitrogen and oxygen atoms in total. The number of alkyl halides is 3. The van der Waals surface area contributed by atoms with Gasteiger partial charge in [0.1, 0.15) is 0 Å². The van der Waals surface area contributed by atoms with Gasteiger partial charge in [0.05, 0.1) is 24.3 Å². The Bertz CT molecular complexity index is 725. The minimum absolute atomic E-state index is 0.343. The molecule has 0 bridgehead atoms. The first-order chi connectivity index (χ1) is 11.0. The second kappa shape index (κ2) is 6.58. The fourth-order valence-electron chi connectivity index (χ4n) is 2.63. The summed E-state index contributed by atoms with van der Waals surface area (Å²) in [6.45, 7) is 2.14. The van der Waals surface area contributed by atoms with Crippen molar-refractivity contribution >= 4 is 16.6 Å². The van der Waals surface area contributed by atoms with Gasteiger partial charge in [-0.1, -0.05) is 17.7 Å². The third kappa shape index (κ3) is 3.82. The standard InChI is InChI=1S/C17H17F3N2O/c18-17(19,20)13-1-2-14-15(4-8-22-16(14)11-13)21-7-3-12-5-9-23-10-6-12/h1-2,4-5,8,11H,3,6-7,9-10H2,(H,21,22). The average Bonchev–Trinajstić information content (AvgIpc) is 2.55. The van der Waals surface area contributed by atoms with Crippen molar-refractivity contribution in [2.24, 2.45) is 0 Å². The highest BCUT2D eigenvalue weighted by Gasteiger charge is 2.30. The molecule has 0 saturated carbocycles. The van der Waals surface area contributed by atoms with E-state index in [-0.39, 0.29) is 0 Å². The molecule has 0 aliphatic carbocycles. The zero-order chi connectivity index (χ0) is 16.3. The quantitative estimate of drug-likeness (QED) is 0.847. The predicted octanol–water partition coefficient (Wildman–Crippen LogP) is 4.40. The maximum Gasteiger partial charge on any atom is 0.416 e. The summed E-state index contributed by atoms with van der Waals surface area (Å²) in [6, 6.07) is 5.44. The SMILES string of the molecule is FC(F)(F)c1ccc2c(NCCC3=CCOCC3)ccnc2c1. The van der Waals surface area contributed by atoms with E-state index in [1.165, 1.54) is 17.8 Å². The first-order valence-electron chi connectivity index (χ1n) is 7.49. The monoisotopic (exact) mass is 322 g/mol. The molecule has 1 aromatic heterocycles. The molecule has 0 spiro atoms. The molecule has 1 N–H and O–H groups in total. The highest BCUT2D eigenvalue weighted by atomic mass is 19.4. The van der Waals surface area contributed by atoms with Gasteiger partial charge in [-0.2, -0.15) is 13.2 Å². The summed E-state index contributed by atoms with van der Waals surface area (Å²) in [4.78, 5) is 4.05. The fourth-order valence-corrected chi connectivity index (χ4v) is 2.63. The van der Waals surface area contributed by atoms with Gasteiger partial charge in [-0.05, 0) is 31.0 Å². The van der Waals surface area contributed by atoms with Crippen molar-refractivity contribution in [3.8, 4) is 0 Å². The number of fused-ring (bicyclic) bond motifs is 1. The molecule has 2 heterocycles. The zero-order valence-electron chi connectivity index (χ0n) is 12.5. The maximum absolute atomic E-state index is 12.8. The van der Waals surface area contributed by atoms with Gasteiger partial charge in [0.2, 0.25) is 0 Å². The molecule has 3 rings (SSSR count). The molecule has 2 aromatic rings. The van der Waals surface area contributed by atoms with Crippen molar-refractivity contribution in [2.45, 2.75) is 19.0 Å². The van der Waals surface area contributed by atoms with Crippen molar-refractivity contribution in [3.05, 3.63) is 47.7 Å². The van der Waals surface area contributed by atoms with Crippen LogP contribution in [0.3, 0.4) is 0 Å². The molecule has 122 valence electrons. The number of aromatic nitrogens is 1. The molecular weight excluding hydrogens is 305 g/mol. The van der Waals surface area contributed by atoms with Crippen LogP contribution in [0.2, 0.25) is 0 Å². The van der Waals surface area contributed by atoms with Crippen LogP contribution < -0.4 is 5.32 Å². The van der Waals surface area contributed by atoms with Gasteiger partial charge >= 0.3 is 6.18 Å². The summed E-state index contributed by atoms with van der Waals surface area (Å²) in [5.41, 5.74) is 1.81. The largest absolute Gasteiger partial charge is 0.416 e. The Kier molecular flexibility index (Phi) is 4.52. The van der Waals surface area contributed by atoms with E-state index in [1.54, 1.807) is 6.07 Å². The molecule has 0 fully saturated rings. The molecule has 1 aromatic carbocycles. The van der Waals surface area contributed by atoms with Crippen LogP contribution in [-0.2, 0) is 10.9 Å². The first-order valence-corrected chi connectivity index (χ1v) is 7.49. The van der Waals surface area contributed by atoms with Crippen LogP contribution in [0.5, 0.6) is 0 Å². The van der Waals surface area contributed by atoms with Crippen molar-refractivity contribution < 1.29 is 17.9 Å². The molecule has 6 heteroatoms. The van der Waals surface area contributed by atoms with E-state index in [2.05, 4.69) is 16.4 Å². The smallest absolute Gasteiger partial charge is 0.384 e. The number of benzene rings is 1. The summed E-state index contributed by atoms with van der Waals surface area (Å²) in [5, 5.41) is 3.99. The molecule has 1 aliphatic rings. The summed E-state index contributed by atoms with van der Waals surface area (Å²) < 4.78 is 43.6. The Morgan fingerprint density at radius 2 is 2.09 bits per heavy atom. The van der Waals surface area contributed by atoms with E-state index < -0.39 is 11.7 Å². The van der Waals surface area contributed by atoms with E-state index in [9.17, 15) is 13.2 Å². The number of nitrogens with zero attached hydrogens (tertiary/aromatic N) is 1. The van der Waals surface area contributed by atoms with E-state index in [0.717, 1.165) is 43.8 Å². The molecule has 1 aliphatic heterocycles. The Labute approximate surface area is 132 Å². The van der Waals surface area contributed by atoms with Crippen LogP contribution in [0.1, 0.15) is 18.4 Å². The number of nitrogens with one attached hydrogen (secondary N) is 1. The molecule has 0 unspecified atom stereocenters. The molecule has 23 heavy (non-hydrogen) atoms. The highest BCUT2D eigenvalue weighted by Crippen LogP contribution is 2.32. The number of hydrogen-bond donors (Lipinski definition) is 1. The lowest BCUT2D eigenvalue weighted by atomic mass is 10.1. The van der Waals surface area contributed by atoms with Crippen LogP contribution >= 0.6 is 0 Å². The molecule has 0 saturated heterocycles. The maximum atomic E-state index is 12.8. The van der Waals surface area contributed by atoms with Crippen molar-refractivity contribution in [3.63, 3.8) is 0 Å². The minimum atomic E-state index is -4.35. The van der Waals surface area contributed by atoms with Crippen molar-refractivity contribution in [2.75, 3.05) is 25.1 Å². The van der Waals surface area contributed by atoms with Gasteiger partial charge in [0, 0.05) is 23.8 Å². The van der Waals surface area contributed by atoms with Crippen LogP contribution in [0.15, 0.2) is 42.1 Å². The van der Waals surface area contributed by atoms with Gasteiger partial charge in [-0.15, -0.1) is 0 Å². The van der Waals surface area contributed by atoms with E-state index >= 15 is 0 Å². The summed E-state index contributed by atoms with van der Waals surface area (Å²) >= 11 is 0. The van der Waals surface area contributed by atoms with Crippen molar-refractivity contribution in [1.82, 2.24) is 4.98 Å². The zero-order valence-corrected chi connectivity index (χ0v) is 12.5. The van der Waals surface area contributed by atoms with Gasteiger partial charge < -0.3 is 10.1 Å². The average molecular weight is 322 g/mol. The number of rotatable bonds is 4. The highest BCUT2D eigenvalue weighted by molar-refractivity contribution is 5.91. The minimum Gasteiger partial charge on any atom is -0.384 e. The Hall–Kier alpha value is -2.08. The van der Waals surface area contributed by atoms with Crippen LogP contribution in [0.4, 0.5) is 18.9 Å². The van der Waals surface area contributed by atoms with Crippen LogP contribution in [-0.4, -0.2) is 24.7 Å². The van der Waals surface area contributed by atoms with E-state index in [4.69, 9.17) is 4.74 Å². The normalized spacial score (nSPS) is 15.5. The summed E-state index contributed by atoms with van der Waals surface area (Å²) in [7, 11) is 0. The number of hydrogen-bond acceptors (Lipinski definition) is 3. The predicted molar refractivity (Wildman–Crippen MR) is 83.4 cm³/mol. The lowest BCUT2D eigenvalue weighted by Gasteiger charge is -2.15. The second-order valence-corrected chi connectivity index (χ2v) is 5.45. The van der Waals surface area contributed by atoms with Crippen molar-refractivity contribution in [1.29, 1.82) is 0 Å². The topological polar surface area (TPSA) is 34.1 Å². The van der Waals surface area contributed by atoms with E-state index in [1.807, 2.05) is 0 Å². The lowest BCUT2D eigenvalue weighted by Crippen LogP contribution is -2.09. The Morgan fingerprint density at radius 3 is 2.83 bits per heavy atom. The summed E-state index contributed by atoms with van der Waals surface area (Å²) in [6.07, 6.45) is 1.10. The molecule has 0 radical (unpaired) electrons. The molecule has 0 amide bonds. The van der Waals surface area contributed by atoms with Gasteiger partial charge in [0.15, 0.2) is 0 Å². The number of anilines is 1. The van der Waals surface area contributed by atoms with Gasteiger partial charge in [-0.3, -0.25) is 4.98 Å². The third-order valence-electron chi connectivity index (χ3n) is 3.89. The molecular formula is C17H17F3N2O.